The Balaban J connectivity index is 1.64. The van der Waals surface area contributed by atoms with Crippen LogP contribution in [-0.4, -0.2) is 44.4 Å². The standard InChI is InChI=1S/C24H23N3O4S/c1-2-14-31-18-8-6-17(7-9-18)22(28)20-21(19-5-3-15-32-19)27(24(30)23(20)29)12-4-11-26-13-10-25-16-26/h2-3,5-10,13,15-16,21,28H,1,4,11-12,14H2/b22-20-. The molecule has 0 bridgehead atoms. The number of amides is 1. The molecule has 164 valence electrons. The van der Waals surface area contributed by atoms with Gasteiger partial charge in [-0.25, -0.2) is 4.98 Å². The highest BCUT2D eigenvalue weighted by molar-refractivity contribution is 7.10. The molecule has 1 amide bonds. The molecule has 4 rings (SSSR count). The first-order valence-corrected chi connectivity index (χ1v) is 11.1. The molecular weight excluding hydrogens is 426 g/mol. The molecule has 1 saturated heterocycles. The summed E-state index contributed by atoms with van der Waals surface area (Å²) in [5.74, 6) is -0.831. The van der Waals surface area contributed by atoms with Gasteiger partial charge in [0.05, 0.1) is 17.9 Å². The lowest BCUT2D eigenvalue weighted by Gasteiger charge is -2.24. The monoisotopic (exact) mass is 449 g/mol. The zero-order valence-electron chi connectivity index (χ0n) is 17.4. The first-order valence-electron chi connectivity index (χ1n) is 10.2. The maximum Gasteiger partial charge on any atom is 0.295 e. The van der Waals surface area contributed by atoms with Crippen LogP contribution in [0.3, 0.4) is 0 Å². The SMILES string of the molecule is C=CCOc1ccc(/C(O)=C2/C(=O)C(=O)N(CCCn3ccnc3)C2c2cccs2)cc1. The number of aryl methyl sites for hydroxylation is 1. The first-order chi connectivity index (χ1) is 15.6. The molecule has 1 unspecified atom stereocenters. The van der Waals surface area contributed by atoms with Gasteiger partial charge >= 0.3 is 0 Å². The Kier molecular flexibility index (Phi) is 6.51. The van der Waals surface area contributed by atoms with Gasteiger partial charge in [-0.2, -0.15) is 0 Å². The second kappa shape index (κ2) is 9.65. The number of carbonyl (C=O) groups excluding carboxylic acids is 2. The van der Waals surface area contributed by atoms with Gasteiger partial charge in [0.2, 0.25) is 0 Å². The van der Waals surface area contributed by atoms with Gasteiger partial charge in [-0.3, -0.25) is 9.59 Å². The number of ketones is 1. The van der Waals surface area contributed by atoms with Crippen LogP contribution < -0.4 is 4.74 Å². The van der Waals surface area contributed by atoms with E-state index < -0.39 is 17.7 Å². The molecule has 1 atom stereocenters. The van der Waals surface area contributed by atoms with Crippen molar-refractivity contribution in [2.45, 2.75) is 19.0 Å². The van der Waals surface area contributed by atoms with Crippen LogP contribution in [-0.2, 0) is 16.1 Å². The fourth-order valence-electron chi connectivity index (χ4n) is 3.72. The third-order valence-corrected chi connectivity index (χ3v) is 6.15. The van der Waals surface area contributed by atoms with Crippen LogP contribution in [0.5, 0.6) is 5.75 Å². The summed E-state index contributed by atoms with van der Waals surface area (Å²) < 4.78 is 7.40. The summed E-state index contributed by atoms with van der Waals surface area (Å²) in [6, 6.07) is 9.90. The number of carbonyl (C=O) groups is 2. The second-order valence-corrected chi connectivity index (χ2v) is 8.27. The van der Waals surface area contributed by atoms with E-state index in [1.807, 2.05) is 28.3 Å². The van der Waals surface area contributed by atoms with Crippen LogP contribution in [0.4, 0.5) is 0 Å². The van der Waals surface area contributed by atoms with Crippen molar-refractivity contribution in [3.05, 3.63) is 89.2 Å². The number of likely N-dealkylation sites (tertiary alicyclic amines) is 1. The van der Waals surface area contributed by atoms with Crippen LogP contribution in [0, 0.1) is 0 Å². The van der Waals surface area contributed by atoms with Gasteiger partial charge in [-0.05, 0) is 42.1 Å². The minimum atomic E-state index is -0.671. The topological polar surface area (TPSA) is 84.7 Å². The van der Waals surface area contributed by atoms with Gasteiger partial charge in [0, 0.05) is 35.9 Å². The minimum Gasteiger partial charge on any atom is -0.507 e. The number of Topliss-reactive ketones (excluding diaryl/α,β-unsaturated/α-hetero) is 1. The lowest BCUT2D eigenvalue weighted by molar-refractivity contribution is -0.139. The van der Waals surface area contributed by atoms with Crippen molar-refractivity contribution in [3.8, 4) is 5.75 Å². The molecule has 1 aromatic carbocycles. The van der Waals surface area contributed by atoms with E-state index in [2.05, 4.69) is 11.6 Å². The highest BCUT2D eigenvalue weighted by atomic mass is 32.1. The average Bonchev–Trinajstić information content (AvgIpc) is 3.56. The van der Waals surface area contributed by atoms with E-state index in [1.54, 1.807) is 47.8 Å². The molecule has 1 N–H and O–H groups in total. The molecule has 3 heterocycles. The third-order valence-electron chi connectivity index (χ3n) is 5.22. The van der Waals surface area contributed by atoms with Crippen LogP contribution in [0.25, 0.3) is 5.76 Å². The average molecular weight is 450 g/mol. The van der Waals surface area contributed by atoms with Crippen molar-refractivity contribution in [1.82, 2.24) is 14.5 Å². The molecule has 8 heteroatoms. The van der Waals surface area contributed by atoms with E-state index in [9.17, 15) is 14.7 Å². The number of nitrogens with zero attached hydrogens (tertiary/aromatic N) is 3. The smallest absolute Gasteiger partial charge is 0.295 e. The van der Waals surface area contributed by atoms with E-state index in [-0.39, 0.29) is 11.3 Å². The van der Waals surface area contributed by atoms with Gasteiger partial charge in [0.1, 0.15) is 18.1 Å². The van der Waals surface area contributed by atoms with E-state index in [1.165, 1.54) is 11.3 Å². The predicted octanol–water partition coefficient (Wildman–Crippen LogP) is 4.02. The van der Waals surface area contributed by atoms with Crippen LogP contribution >= 0.6 is 11.3 Å². The summed E-state index contributed by atoms with van der Waals surface area (Å²) in [6.45, 7) is 5.04. The lowest BCUT2D eigenvalue weighted by Crippen LogP contribution is -2.31. The number of imidazole rings is 1. The molecule has 1 fully saturated rings. The number of benzene rings is 1. The molecule has 0 spiro atoms. The van der Waals surface area contributed by atoms with E-state index in [0.29, 0.717) is 37.4 Å². The molecule has 2 aromatic heterocycles. The van der Waals surface area contributed by atoms with Gasteiger partial charge in [-0.1, -0.05) is 18.7 Å². The molecule has 7 nitrogen and oxygen atoms in total. The zero-order valence-corrected chi connectivity index (χ0v) is 18.2. The fourth-order valence-corrected chi connectivity index (χ4v) is 4.56. The summed E-state index contributed by atoms with van der Waals surface area (Å²) in [7, 11) is 0. The van der Waals surface area contributed by atoms with Crippen molar-refractivity contribution in [1.29, 1.82) is 0 Å². The number of thiophene rings is 1. The molecule has 0 saturated carbocycles. The fraction of sp³-hybridized carbons (Fsp3) is 0.208. The number of hydrogen-bond acceptors (Lipinski definition) is 6. The van der Waals surface area contributed by atoms with Gasteiger partial charge < -0.3 is 19.3 Å². The Bertz CT molecular complexity index is 1120. The Hall–Kier alpha value is -3.65. The van der Waals surface area contributed by atoms with Gasteiger partial charge in [0.15, 0.2) is 0 Å². The summed E-state index contributed by atoms with van der Waals surface area (Å²) in [5, 5.41) is 12.9. The predicted molar refractivity (Wildman–Crippen MR) is 122 cm³/mol. The van der Waals surface area contributed by atoms with Crippen molar-refractivity contribution < 1.29 is 19.4 Å². The van der Waals surface area contributed by atoms with Crippen molar-refractivity contribution in [3.63, 3.8) is 0 Å². The molecule has 32 heavy (non-hydrogen) atoms. The number of aliphatic hydroxyl groups is 1. The zero-order chi connectivity index (χ0) is 22.5. The van der Waals surface area contributed by atoms with Crippen LogP contribution in [0.2, 0.25) is 0 Å². The molecular formula is C24H23N3O4S. The largest absolute Gasteiger partial charge is 0.507 e. The summed E-state index contributed by atoms with van der Waals surface area (Å²) in [4.78, 5) is 32.3. The second-order valence-electron chi connectivity index (χ2n) is 7.29. The van der Waals surface area contributed by atoms with Crippen molar-refractivity contribution in [2.75, 3.05) is 13.2 Å². The number of ether oxygens (including phenoxy) is 1. The van der Waals surface area contributed by atoms with Crippen molar-refractivity contribution >= 4 is 28.8 Å². The summed E-state index contributed by atoms with van der Waals surface area (Å²) in [6.07, 6.45) is 7.57. The molecule has 3 aromatic rings. The number of rotatable bonds is 9. The number of hydrogen-bond donors (Lipinski definition) is 1. The minimum absolute atomic E-state index is 0.111. The molecule has 0 aliphatic carbocycles. The maximum atomic E-state index is 13.0. The maximum absolute atomic E-state index is 13.0. The molecule has 1 aliphatic rings. The van der Waals surface area contributed by atoms with Crippen LogP contribution in [0.1, 0.15) is 22.9 Å². The summed E-state index contributed by atoms with van der Waals surface area (Å²) >= 11 is 1.45. The number of aromatic nitrogens is 2. The third kappa shape index (κ3) is 4.36. The quantitative estimate of drug-likeness (QED) is 0.231. The Morgan fingerprint density at radius 1 is 1.22 bits per heavy atom. The van der Waals surface area contributed by atoms with Gasteiger partial charge in [0.25, 0.3) is 11.7 Å². The summed E-state index contributed by atoms with van der Waals surface area (Å²) in [5.41, 5.74) is 0.564. The Morgan fingerprint density at radius 3 is 2.69 bits per heavy atom. The first kappa shape index (κ1) is 21.6. The Labute approximate surface area is 189 Å². The molecule has 1 aliphatic heterocycles. The van der Waals surface area contributed by atoms with E-state index >= 15 is 0 Å². The van der Waals surface area contributed by atoms with E-state index in [4.69, 9.17) is 4.74 Å². The number of aliphatic hydroxyl groups excluding tert-OH is 1. The highest BCUT2D eigenvalue weighted by Crippen LogP contribution is 2.41. The van der Waals surface area contributed by atoms with E-state index in [0.717, 1.165) is 4.88 Å². The highest BCUT2D eigenvalue weighted by Gasteiger charge is 2.46. The van der Waals surface area contributed by atoms with Crippen molar-refractivity contribution in [2.24, 2.45) is 0 Å². The molecule has 0 radical (unpaired) electrons. The van der Waals surface area contributed by atoms with Gasteiger partial charge in [-0.15, -0.1) is 11.3 Å². The lowest BCUT2D eigenvalue weighted by atomic mass is 10.00. The Morgan fingerprint density at radius 2 is 2.03 bits per heavy atom. The van der Waals surface area contributed by atoms with Crippen LogP contribution in [0.15, 0.2) is 78.7 Å². The normalized spacial score (nSPS) is 17.6.